The van der Waals surface area contributed by atoms with Crippen molar-refractivity contribution in [1.29, 1.82) is 0 Å². The Balaban J connectivity index is 2.28. The summed E-state index contributed by atoms with van der Waals surface area (Å²) in [5, 5.41) is 3.43. The lowest BCUT2D eigenvalue weighted by atomic mass is 10.1. The van der Waals surface area contributed by atoms with Gasteiger partial charge in [0, 0.05) is 14.7 Å². The van der Waals surface area contributed by atoms with Crippen molar-refractivity contribution in [2.24, 2.45) is 5.73 Å². The number of carbonyl (C=O) groups is 2. The van der Waals surface area contributed by atoms with Gasteiger partial charge >= 0.3 is 0 Å². The standard InChI is InChI=1S/C14H9Cl2IN2O2/c15-9-3-1-7(13(18)20)6-12(9)19-14(21)8-2-4-11(17)10(16)5-8/h1-6H,(H2,18,20)(H,19,21). The van der Waals surface area contributed by atoms with E-state index in [2.05, 4.69) is 27.9 Å². The van der Waals surface area contributed by atoms with E-state index in [9.17, 15) is 9.59 Å². The molecular weight excluding hydrogens is 426 g/mol. The van der Waals surface area contributed by atoms with Gasteiger partial charge in [0.2, 0.25) is 5.91 Å². The van der Waals surface area contributed by atoms with Crippen LogP contribution in [-0.2, 0) is 0 Å². The summed E-state index contributed by atoms with van der Waals surface area (Å²) in [5.41, 5.74) is 6.16. The summed E-state index contributed by atoms with van der Waals surface area (Å²) in [7, 11) is 0. The van der Waals surface area contributed by atoms with E-state index >= 15 is 0 Å². The molecule has 0 saturated heterocycles. The second-order valence-electron chi connectivity index (χ2n) is 4.14. The fraction of sp³-hybridized carbons (Fsp3) is 0. The largest absolute Gasteiger partial charge is 0.366 e. The van der Waals surface area contributed by atoms with E-state index in [0.29, 0.717) is 21.3 Å². The summed E-state index contributed by atoms with van der Waals surface area (Å²) in [4.78, 5) is 23.3. The molecule has 0 unspecified atom stereocenters. The van der Waals surface area contributed by atoms with Gasteiger partial charge in [-0.3, -0.25) is 9.59 Å². The molecule has 2 amide bonds. The zero-order chi connectivity index (χ0) is 15.6. The maximum Gasteiger partial charge on any atom is 0.255 e. The van der Waals surface area contributed by atoms with Gasteiger partial charge in [-0.2, -0.15) is 0 Å². The number of anilines is 1. The normalized spacial score (nSPS) is 10.2. The van der Waals surface area contributed by atoms with Gasteiger partial charge in [0.1, 0.15) is 0 Å². The second-order valence-corrected chi connectivity index (χ2v) is 6.12. The zero-order valence-corrected chi connectivity index (χ0v) is 14.2. The summed E-state index contributed by atoms with van der Waals surface area (Å²) in [6.07, 6.45) is 0. The molecule has 7 heteroatoms. The number of hydrogen-bond acceptors (Lipinski definition) is 2. The van der Waals surface area contributed by atoms with Crippen LogP contribution in [0.5, 0.6) is 0 Å². The molecule has 0 saturated carbocycles. The lowest BCUT2D eigenvalue weighted by Crippen LogP contribution is -2.15. The average molecular weight is 435 g/mol. The van der Waals surface area contributed by atoms with Crippen molar-refractivity contribution in [3.8, 4) is 0 Å². The van der Waals surface area contributed by atoms with Crippen molar-refractivity contribution >= 4 is 63.3 Å². The number of amides is 2. The highest BCUT2D eigenvalue weighted by atomic mass is 127. The molecule has 4 nitrogen and oxygen atoms in total. The lowest BCUT2D eigenvalue weighted by Gasteiger charge is -2.09. The molecule has 21 heavy (non-hydrogen) atoms. The first-order valence-corrected chi connectivity index (χ1v) is 7.57. The predicted molar refractivity (Wildman–Crippen MR) is 92.1 cm³/mol. The summed E-state index contributed by atoms with van der Waals surface area (Å²) in [6, 6.07) is 9.36. The molecule has 0 fully saturated rings. The topological polar surface area (TPSA) is 72.2 Å². The van der Waals surface area contributed by atoms with Crippen molar-refractivity contribution in [3.63, 3.8) is 0 Å². The monoisotopic (exact) mass is 434 g/mol. The lowest BCUT2D eigenvalue weighted by molar-refractivity contribution is 0.0996. The van der Waals surface area contributed by atoms with Crippen LogP contribution in [-0.4, -0.2) is 11.8 Å². The van der Waals surface area contributed by atoms with Crippen LogP contribution in [0.2, 0.25) is 10.0 Å². The Labute approximate surface area is 144 Å². The Morgan fingerprint density at radius 2 is 1.67 bits per heavy atom. The number of carbonyl (C=O) groups excluding carboxylic acids is 2. The van der Waals surface area contributed by atoms with Gasteiger partial charge in [0.25, 0.3) is 5.91 Å². The Hall–Kier alpha value is -1.31. The Kier molecular flexibility index (Phi) is 5.08. The molecule has 2 rings (SSSR count). The molecular formula is C14H9Cl2IN2O2. The van der Waals surface area contributed by atoms with E-state index in [1.165, 1.54) is 18.2 Å². The molecule has 0 atom stereocenters. The highest BCUT2D eigenvalue weighted by molar-refractivity contribution is 14.1. The van der Waals surface area contributed by atoms with Crippen LogP contribution in [0, 0.1) is 3.57 Å². The van der Waals surface area contributed by atoms with Crippen LogP contribution >= 0.6 is 45.8 Å². The summed E-state index contributed by atoms with van der Waals surface area (Å²) in [5.74, 6) is -0.976. The molecule has 0 aliphatic carbocycles. The van der Waals surface area contributed by atoms with Crippen LogP contribution in [0.1, 0.15) is 20.7 Å². The molecule has 3 N–H and O–H groups in total. The first kappa shape index (κ1) is 16.1. The number of nitrogens with one attached hydrogen (secondary N) is 1. The smallest absolute Gasteiger partial charge is 0.255 e. The van der Waals surface area contributed by atoms with Gasteiger partial charge in [-0.25, -0.2) is 0 Å². The van der Waals surface area contributed by atoms with Gasteiger partial charge in [0.05, 0.1) is 15.7 Å². The molecule has 0 aliphatic rings. The van der Waals surface area contributed by atoms with E-state index in [1.807, 2.05) is 0 Å². The number of nitrogens with two attached hydrogens (primary N) is 1. The van der Waals surface area contributed by atoms with Crippen LogP contribution in [0.15, 0.2) is 36.4 Å². The maximum atomic E-state index is 12.2. The Bertz CT molecular complexity index is 735. The molecule has 0 aliphatic heterocycles. The Morgan fingerprint density at radius 3 is 2.29 bits per heavy atom. The molecule has 0 bridgehead atoms. The summed E-state index contributed by atoms with van der Waals surface area (Å²) < 4.78 is 0.847. The van der Waals surface area contributed by atoms with E-state index in [-0.39, 0.29) is 11.5 Å². The third-order valence-electron chi connectivity index (χ3n) is 2.68. The molecule has 0 spiro atoms. The molecule has 108 valence electrons. The number of halogens is 3. The average Bonchev–Trinajstić information content (AvgIpc) is 2.43. The highest BCUT2D eigenvalue weighted by Crippen LogP contribution is 2.25. The van der Waals surface area contributed by atoms with Crippen LogP contribution in [0.4, 0.5) is 5.69 Å². The fourth-order valence-corrected chi connectivity index (χ4v) is 2.29. The SMILES string of the molecule is NC(=O)c1ccc(Cl)c(NC(=O)c2ccc(I)c(Cl)c2)c1. The van der Waals surface area contributed by atoms with Gasteiger partial charge in [-0.05, 0) is 59.0 Å². The second kappa shape index (κ2) is 6.64. The van der Waals surface area contributed by atoms with Gasteiger partial charge in [-0.1, -0.05) is 23.2 Å². The number of hydrogen-bond donors (Lipinski definition) is 2. The minimum atomic E-state index is -0.598. The molecule has 0 heterocycles. The first-order valence-electron chi connectivity index (χ1n) is 5.74. The van der Waals surface area contributed by atoms with Gasteiger partial charge in [-0.15, -0.1) is 0 Å². The van der Waals surface area contributed by atoms with Crippen LogP contribution in [0.3, 0.4) is 0 Å². The third kappa shape index (κ3) is 3.87. The number of rotatable bonds is 3. The zero-order valence-electron chi connectivity index (χ0n) is 10.5. The van der Waals surface area contributed by atoms with Gasteiger partial charge < -0.3 is 11.1 Å². The molecule has 2 aromatic rings. The number of benzene rings is 2. The maximum absolute atomic E-state index is 12.2. The summed E-state index contributed by atoms with van der Waals surface area (Å²) >= 11 is 14.0. The van der Waals surface area contributed by atoms with Crippen molar-refractivity contribution in [1.82, 2.24) is 0 Å². The molecule has 0 aromatic heterocycles. The third-order valence-corrected chi connectivity index (χ3v) is 4.58. The van der Waals surface area contributed by atoms with E-state index in [1.54, 1.807) is 18.2 Å². The quantitative estimate of drug-likeness (QED) is 0.718. The predicted octanol–water partition coefficient (Wildman–Crippen LogP) is 3.95. The minimum absolute atomic E-state index is 0.260. The van der Waals surface area contributed by atoms with E-state index in [4.69, 9.17) is 28.9 Å². The van der Waals surface area contributed by atoms with Crippen LogP contribution < -0.4 is 11.1 Å². The first-order chi connectivity index (χ1) is 9.88. The van der Waals surface area contributed by atoms with E-state index in [0.717, 1.165) is 3.57 Å². The van der Waals surface area contributed by atoms with Crippen molar-refractivity contribution in [2.75, 3.05) is 5.32 Å². The molecule has 0 radical (unpaired) electrons. The van der Waals surface area contributed by atoms with Crippen LogP contribution in [0.25, 0.3) is 0 Å². The van der Waals surface area contributed by atoms with Crippen molar-refractivity contribution in [3.05, 3.63) is 61.1 Å². The van der Waals surface area contributed by atoms with Crippen molar-refractivity contribution in [2.45, 2.75) is 0 Å². The van der Waals surface area contributed by atoms with Crippen molar-refractivity contribution < 1.29 is 9.59 Å². The number of primary amides is 1. The molecule has 2 aromatic carbocycles. The van der Waals surface area contributed by atoms with Gasteiger partial charge in [0.15, 0.2) is 0 Å². The summed E-state index contributed by atoms with van der Waals surface area (Å²) in [6.45, 7) is 0. The Morgan fingerprint density at radius 1 is 1.00 bits per heavy atom. The van der Waals surface area contributed by atoms with E-state index < -0.39 is 5.91 Å². The fourth-order valence-electron chi connectivity index (χ4n) is 1.61. The minimum Gasteiger partial charge on any atom is -0.366 e. The highest BCUT2D eigenvalue weighted by Gasteiger charge is 2.12.